The Morgan fingerprint density at radius 1 is 0.938 bits per heavy atom. The lowest BCUT2D eigenvalue weighted by Crippen LogP contribution is -2.05. The number of alkyl halides is 5. The Bertz CT molecular complexity index is 318. The van der Waals surface area contributed by atoms with Crippen LogP contribution in [0.5, 0.6) is 11.5 Å². The Kier molecular flexibility index (Phi) is 4.67. The van der Waals surface area contributed by atoms with E-state index in [1.165, 1.54) is 12.1 Å². The van der Waals surface area contributed by atoms with Gasteiger partial charge in [0, 0.05) is 11.9 Å². The smallest absolute Gasteiger partial charge is 0.387 e. The molecule has 0 radical (unpaired) electrons. The van der Waals surface area contributed by atoms with E-state index in [0.29, 0.717) is 5.56 Å². The van der Waals surface area contributed by atoms with E-state index in [1.54, 1.807) is 0 Å². The summed E-state index contributed by atoms with van der Waals surface area (Å²) >= 11 is 5.46. The van der Waals surface area contributed by atoms with E-state index >= 15 is 0 Å². The summed E-state index contributed by atoms with van der Waals surface area (Å²) in [6.45, 7) is -6.07. The summed E-state index contributed by atoms with van der Waals surface area (Å²) in [6.07, 6.45) is 0. The van der Waals surface area contributed by atoms with E-state index in [0.717, 1.165) is 6.07 Å². The molecule has 2 nitrogen and oxygen atoms in total. The van der Waals surface area contributed by atoms with Gasteiger partial charge < -0.3 is 9.47 Å². The van der Waals surface area contributed by atoms with Crippen molar-refractivity contribution >= 4 is 11.6 Å². The molecule has 0 amide bonds. The van der Waals surface area contributed by atoms with Crippen molar-refractivity contribution in [2.75, 3.05) is 0 Å². The molecule has 1 aromatic rings. The molecule has 0 saturated heterocycles. The normalized spacial score (nSPS) is 10.9. The lowest BCUT2D eigenvalue weighted by atomic mass is 10.2. The van der Waals surface area contributed by atoms with E-state index in [2.05, 4.69) is 9.47 Å². The van der Waals surface area contributed by atoms with Crippen molar-refractivity contribution in [1.82, 2.24) is 0 Å². The number of halogens is 5. The molecule has 0 aliphatic carbocycles. The van der Waals surface area contributed by atoms with Crippen molar-refractivity contribution in [2.45, 2.75) is 19.1 Å². The molecule has 0 aromatic heterocycles. The highest BCUT2D eigenvalue weighted by atomic mass is 35.5. The van der Waals surface area contributed by atoms with Crippen molar-refractivity contribution in [2.24, 2.45) is 0 Å². The Hall–Kier alpha value is -1.17. The van der Waals surface area contributed by atoms with Crippen LogP contribution in [0.4, 0.5) is 17.6 Å². The van der Waals surface area contributed by atoms with Gasteiger partial charge in [0.05, 0.1) is 0 Å². The number of rotatable bonds is 5. The summed E-state index contributed by atoms with van der Waals surface area (Å²) in [5.41, 5.74) is 0.343. The SMILES string of the molecule is FC(F)Oc1cc(CCl)cc(OC(F)F)c1. The molecular weight excluding hydrogens is 252 g/mol. The number of ether oxygens (including phenoxy) is 2. The molecule has 90 valence electrons. The van der Waals surface area contributed by atoms with E-state index in [4.69, 9.17) is 11.6 Å². The third-order valence-corrected chi connectivity index (χ3v) is 1.85. The van der Waals surface area contributed by atoms with Gasteiger partial charge in [0.1, 0.15) is 11.5 Å². The molecule has 0 heterocycles. The molecule has 0 saturated carbocycles. The van der Waals surface area contributed by atoms with Gasteiger partial charge >= 0.3 is 13.2 Å². The van der Waals surface area contributed by atoms with Gasteiger partial charge in [-0.25, -0.2) is 0 Å². The van der Waals surface area contributed by atoms with Crippen LogP contribution in [-0.2, 0) is 5.88 Å². The van der Waals surface area contributed by atoms with Crippen molar-refractivity contribution in [3.8, 4) is 11.5 Å². The highest BCUT2D eigenvalue weighted by Gasteiger charge is 2.10. The molecule has 0 spiro atoms. The molecule has 0 atom stereocenters. The first-order chi connectivity index (χ1) is 7.51. The van der Waals surface area contributed by atoms with E-state index < -0.39 is 13.2 Å². The molecule has 0 unspecified atom stereocenters. The van der Waals surface area contributed by atoms with E-state index in [9.17, 15) is 17.6 Å². The molecule has 0 aliphatic heterocycles. The fourth-order valence-electron chi connectivity index (χ4n) is 1.05. The summed E-state index contributed by atoms with van der Waals surface area (Å²) in [5.74, 6) is -0.576. The minimum absolute atomic E-state index is 0.0277. The maximum absolute atomic E-state index is 11.9. The van der Waals surface area contributed by atoms with Crippen molar-refractivity contribution < 1.29 is 27.0 Å². The van der Waals surface area contributed by atoms with Crippen LogP contribution in [0.15, 0.2) is 18.2 Å². The zero-order valence-corrected chi connectivity index (χ0v) is 8.56. The Balaban J connectivity index is 2.91. The predicted octanol–water partition coefficient (Wildman–Crippen LogP) is 3.63. The molecule has 7 heteroatoms. The minimum atomic E-state index is -3.04. The summed E-state index contributed by atoms with van der Waals surface area (Å²) in [4.78, 5) is 0. The van der Waals surface area contributed by atoms with Gasteiger partial charge in [-0.2, -0.15) is 17.6 Å². The second-order valence-electron chi connectivity index (χ2n) is 2.70. The molecule has 0 N–H and O–H groups in total. The highest BCUT2D eigenvalue weighted by Crippen LogP contribution is 2.26. The first-order valence-electron chi connectivity index (χ1n) is 4.11. The second kappa shape index (κ2) is 5.79. The standard InChI is InChI=1S/C9H7ClF4O2/c10-4-5-1-6(15-8(11)12)3-7(2-5)16-9(13)14/h1-3,8-9H,4H2. The predicted molar refractivity (Wildman–Crippen MR) is 49.3 cm³/mol. The Morgan fingerprint density at radius 2 is 1.38 bits per heavy atom. The average Bonchev–Trinajstić information content (AvgIpc) is 2.14. The van der Waals surface area contributed by atoms with Crippen LogP contribution in [0, 0.1) is 0 Å². The molecular formula is C9H7ClF4O2. The van der Waals surface area contributed by atoms with Gasteiger partial charge in [0.2, 0.25) is 0 Å². The van der Waals surface area contributed by atoms with Crippen LogP contribution in [0.3, 0.4) is 0 Å². The maximum atomic E-state index is 11.9. The van der Waals surface area contributed by atoms with Gasteiger partial charge in [0.15, 0.2) is 0 Å². The number of benzene rings is 1. The van der Waals surface area contributed by atoms with E-state index in [1.807, 2.05) is 0 Å². The molecule has 0 bridgehead atoms. The van der Waals surface area contributed by atoms with Crippen molar-refractivity contribution in [1.29, 1.82) is 0 Å². The van der Waals surface area contributed by atoms with Crippen LogP contribution in [0.1, 0.15) is 5.56 Å². The lowest BCUT2D eigenvalue weighted by Gasteiger charge is -2.10. The third kappa shape index (κ3) is 4.14. The summed E-state index contributed by atoms with van der Waals surface area (Å²) in [5, 5.41) is 0. The van der Waals surface area contributed by atoms with Gasteiger partial charge in [-0.05, 0) is 17.7 Å². The zero-order chi connectivity index (χ0) is 12.1. The first-order valence-corrected chi connectivity index (χ1v) is 4.64. The zero-order valence-electron chi connectivity index (χ0n) is 7.80. The molecule has 0 fully saturated rings. The third-order valence-electron chi connectivity index (χ3n) is 1.54. The highest BCUT2D eigenvalue weighted by molar-refractivity contribution is 6.17. The maximum Gasteiger partial charge on any atom is 0.387 e. The summed E-state index contributed by atoms with van der Waals surface area (Å²) in [7, 11) is 0. The Labute approximate surface area is 93.7 Å². The Morgan fingerprint density at radius 3 is 1.69 bits per heavy atom. The molecule has 0 aliphatic rings. The number of hydrogen-bond acceptors (Lipinski definition) is 2. The van der Waals surface area contributed by atoms with Crippen molar-refractivity contribution in [3.63, 3.8) is 0 Å². The quantitative estimate of drug-likeness (QED) is 0.593. The van der Waals surface area contributed by atoms with Gasteiger partial charge in [-0.15, -0.1) is 11.6 Å². The topological polar surface area (TPSA) is 18.5 Å². The average molecular weight is 259 g/mol. The van der Waals surface area contributed by atoms with Crippen molar-refractivity contribution in [3.05, 3.63) is 23.8 Å². The second-order valence-corrected chi connectivity index (χ2v) is 2.97. The fraction of sp³-hybridized carbons (Fsp3) is 0.333. The molecule has 1 rings (SSSR count). The molecule has 16 heavy (non-hydrogen) atoms. The van der Waals surface area contributed by atoms with Gasteiger partial charge in [0.25, 0.3) is 0 Å². The van der Waals surface area contributed by atoms with E-state index in [-0.39, 0.29) is 17.4 Å². The lowest BCUT2D eigenvalue weighted by molar-refractivity contribution is -0.0543. The molecule has 1 aromatic carbocycles. The van der Waals surface area contributed by atoms with Crippen LogP contribution in [0.25, 0.3) is 0 Å². The van der Waals surface area contributed by atoms with Crippen LogP contribution >= 0.6 is 11.6 Å². The fourth-order valence-corrected chi connectivity index (χ4v) is 1.20. The summed E-state index contributed by atoms with van der Waals surface area (Å²) < 4.78 is 55.7. The van der Waals surface area contributed by atoms with Crippen LogP contribution in [0.2, 0.25) is 0 Å². The monoisotopic (exact) mass is 258 g/mol. The number of hydrogen-bond donors (Lipinski definition) is 0. The first kappa shape index (κ1) is 12.9. The largest absolute Gasteiger partial charge is 0.435 e. The van der Waals surface area contributed by atoms with Gasteiger partial charge in [-0.3, -0.25) is 0 Å². The van der Waals surface area contributed by atoms with Crippen LogP contribution < -0.4 is 9.47 Å². The summed E-state index contributed by atoms with van der Waals surface area (Å²) in [6, 6.07) is 3.38. The van der Waals surface area contributed by atoms with Gasteiger partial charge in [-0.1, -0.05) is 0 Å². The minimum Gasteiger partial charge on any atom is -0.435 e. The van der Waals surface area contributed by atoms with Crippen LogP contribution in [-0.4, -0.2) is 13.2 Å².